The maximum Gasteiger partial charge on any atom is 0.314 e. The Morgan fingerprint density at radius 1 is 1.43 bits per heavy atom. The molecule has 1 aromatic rings. The summed E-state index contributed by atoms with van der Waals surface area (Å²) >= 11 is 0. The van der Waals surface area contributed by atoms with Gasteiger partial charge in [0.05, 0.1) is 6.20 Å². The smallest absolute Gasteiger partial charge is 0.314 e. The molecule has 1 aromatic heterocycles. The Balaban J connectivity index is 0.000000364. The number of nitrogens with zero attached hydrogens (tertiary/aromatic N) is 1. The van der Waals surface area contributed by atoms with Crippen LogP contribution < -0.4 is 5.73 Å². The molecular weight excluding hydrogens is 207 g/mol. The van der Waals surface area contributed by atoms with Crippen molar-refractivity contribution in [2.75, 3.05) is 6.54 Å². The fourth-order valence-electron chi connectivity index (χ4n) is 0.712. The van der Waals surface area contributed by atoms with Crippen LogP contribution in [0.15, 0.2) is 18.3 Å². The average molecular weight is 220 g/mol. The zero-order valence-electron chi connectivity index (χ0n) is 7.42. The van der Waals surface area contributed by atoms with Gasteiger partial charge in [0, 0.05) is 12.1 Å². The number of aromatic nitrogens is 1. The maximum absolute atomic E-state index is 8.83. The molecule has 0 spiro atoms. The van der Waals surface area contributed by atoms with Crippen molar-refractivity contribution in [3.8, 4) is 5.75 Å². The lowest BCUT2D eigenvalue weighted by atomic mass is 10.3. The fraction of sp³-hybridized carbons (Fsp3) is 0.286. The van der Waals surface area contributed by atoms with Gasteiger partial charge in [0.1, 0.15) is 5.75 Å². The van der Waals surface area contributed by atoms with Crippen LogP contribution in [0.25, 0.3) is 0 Å². The Kier molecular flexibility index (Phi) is 6.96. The van der Waals surface area contributed by atoms with Gasteiger partial charge in [0.15, 0.2) is 0 Å². The summed E-state index contributed by atoms with van der Waals surface area (Å²) in [4.78, 5) is 18.3. The fourth-order valence-corrected chi connectivity index (χ4v) is 0.712. The molecule has 0 unspecified atom stereocenters. The monoisotopic (exact) mass is 220 g/mol. The minimum absolute atomic E-state index is 0.195. The SMILES string of the molecule is NCCc1ccc(O)cn1.O=[PH](O)O. The van der Waals surface area contributed by atoms with Gasteiger partial charge >= 0.3 is 8.25 Å². The van der Waals surface area contributed by atoms with Gasteiger partial charge in [0.2, 0.25) is 0 Å². The van der Waals surface area contributed by atoms with E-state index in [9.17, 15) is 0 Å². The average Bonchev–Trinajstić information content (AvgIpc) is 2.08. The molecule has 0 fully saturated rings. The van der Waals surface area contributed by atoms with Gasteiger partial charge in [-0.15, -0.1) is 0 Å². The molecule has 0 bridgehead atoms. The number of rotatable bonds is 2. The standard InChI is InChI=1S/C7H10N2O.H3O3P/c8-4-3-6-1-2-7(10)5-9-6;1-4(2)3/h1-2,5,10H,3-4,8H2;4H,(H2,1,2,3). The number of pyridine rings is 1. The van der Waals surface area contributed by atoms with Crippen LogP contribution >= 0.6 is 8.25 Å². The van der Waals surface area contributed by atoms with Crippen LogP contribution in [0.2, 0.25) is 0 Å². The van der Waals surface area contributed by atoms with E-state index in [0.717, 1.165) is 12.1 Å². The van der Waals surface area contributed by atoms with Gasteiger partial charge in [-0.05, 0) is 18.7 Å². The summed E-state index contributed by atoms with van der Waals surface area (Å²) in [6.07, 6.45) is 2.19. The first kappa shape index (κ1) is 13.1. The Morgan fingerprint density at radius 2 is 2.00 bits per heavy atom. The van der Waals surface area contributed by atoms with Crippen LogP contribution in [0.4, 0.5) is 0 Å². The second-order valence-corrected chi connectivity index (χ2v) is 2.89. The summed E-state index contributed by atoms with van der Waals surface area (Å²) in [5.41, 5.74) is 6.21. The zero-order valence-corrected chi connectivity index (χ0v) is 8.42. The Morgan fingerprint density at radius 3 is 2.36 bits per heavy atom. The molecule has 1 rings (SSSR count). The van der Waals surface area contributed by atoms with Crippen molar-refractivity contribution in [3.63, 3.8) is 0 Å². The number of hydrogen-bond acceptors (Lipinski definition) is 4. The molecule has 5 N–H and O–H groups in total. The normalized spacial score (nSPS) is 9.43. The van der Waals surface area contributed by atoms with Crippen LogP contribution in [0.1, 0.15) is 5.69 Å². The van der Waals surface area contributed by atoms with Gasteiger partial charge in [0.25, 0.3) is 0 Å². The molecule has 0 aromatic carbocycles. The molecule has 6 nitrogen and oxygen atoms in total. The molecule has 0 aliphatic carbocycles. The molecule has 14 heavy (non-hydrogen) atoms. The summed E-state index contributed by atoms with van der Waals surface area (Å²) in [6, 6.07) is 3.38. The Hall–Kier alpha value is -0.940. The van der Waals surface area contributed by atoms with Crippen molar-refractivity contribution in [2.45, 2.75) is 6.42 Å². The zero-order chi connectivity index (χ0) is 11.0. The molecule has 0 saturated carbocycles. The van der Waals surface area contributed by atoms with E-state index in [1.165, 1.54) is 6.20 Å². The molecule has 0 radical (unpaired) electrons. The van der Waals surface area contributed by atoms with Crippen LogP contribution in [-0.2, 0) is 11.0 Å². The number of hydrogen-bond donors (Lipinski definition) is 4. The van der Waals surface area contributed by atoms with E-state index < -0.39 is 8.25 Å². The molecule has 80 valence electrons. The van der Waals surface area contributed by atoms with Crippen LogP contribution in [0, 0.1) is 0 Å². The Labute approximate surface area is 82.0 Å². The summed E-state index contributed by atoms with van der Waals surface area (Å²) in [5.74, 6) is 0.195. The van der Waals surface area contributed by atoms with Gasteiger partial charge in [-0.2, -0.15) is 0 Å². The van der Waals surface area contributed by atoms with Crippen LogP contribution in [-0.4, -0.2) is 26.4 Å². The lowest BCUT2D eigenvalue weighted by molar-refractivity contribution is 0.405. The van der Waals surface area contributed by atoms with Gasteiger partial charge < -0.3 is 20.6 Å². The lowest BCUT2D eigenvalue weighted by Gasteiger charge is -1.95. The molecule has 0 saturated heterocycles. The van der Waals surface area contributed by atoms with E-state index in [-0.39, 0.29) is 5.75 Å². The molecule has 0 aliphatic heterocycles. The summed E-state index contributed by atoms with van der Waals surface area (Å²) in [7, 11) is -3.13. The highest BCUT2D eigenvalue weighted by Gasteiger charge is 1.91. The first-order valence-corrected chi connectivity index (χ1v) is 5.12. The topological polar surface area (TPSA) is 117 Å². The quantitative estimate of drug-likeness (QED) is 0.506. The minimum atomic E-state index is -3.13. The molecule has 0 aliphatic rings. The predicted molar refractivity (Wildman–Crippen MR) is 52.1 cm³/mol. The van der Waals surface area contributed by atoms with Crippen molar-refractivity contribution in [1.29, 1.82) is 0 Å². The lowest BCUT2D eigenvalue weighted by Crippen LogP contribution is -2.03. The van der Waals surface area contributed by atoms with Crippen LogP contribution in [0.5, 0.6) is 5.75 Å². The third-order valence-electron chi connectivity index (χ3n) is 1.21. The molecule has 1 heterocycles. The minimum Gasteiger partial charge on any atom is -0.506 e. The van der Waals surface area contributed by atoms with Gasteiger partial charge in [-0.25, -0.2) is 0 Å². The first-order valence-electron chi connectivity index (χ1n) is 3.82. The molecular formula is C7H13N2O4P. The van der Waals surface area contributed by atoms with E-state index in [1.54, 1.807) is 12.1 Å². The summed E-state index contributed by atoms with van der Waals surface area (Å²) in [5, 5.41) is 8.83. The number of aromatic hydroxyl groups is 1. The molecule has 0 atom stereocenters. The van der Waals surface area contributed by atoms with E-state index >= 15 is 0 Å². The highest BCUT2D eigenvalue weighted by Crippen LogP contribution is 2.05. The van der Waals surface area contributed by atoms with Crippen molar-refractivity contribution < 1.29 is 19.5 Å². The maximum atomic E-state index is 8.83. The first-order chi connectivity index (χ1) is 6.56. The van der Waals surface area contributed by atoms with Crippen molar-refractivity contribution in [1.82, 2.24) is 4.98 Å². The highest BCUT2D eigenvalue weighted by molar-refractivity contribution is 7.30. The van der Waals surface area contributed by atoms with Crippen molar-refractivity contribution in [3.05, 3.63) is 24.0 Å². The second kappa shape index (κ2) is 7.46. The van der Waals surface area contributed by atoms with E-state index in [2.05, 4.69) is 4.98 Å². The molecule has 0 amide bonds. The van der Waals surface area contributed by atoms with Gasteiger partial charge in [-0.3, -0.25) is 9.55 Å². The van der Waals surface area contributed by atoms with Crippen molar-refractivity contribution in [2.24, 2.45) is 5.73 Å². The second-order valence-electron chi connectivity index (χ2n) is 2.33. The Bertz CT molecular complexity index is 274. The third kappa shape index (κ3) is 7.70. The predicted octanol–water partition coefficient (Wildman–Crippen LogP) is -0.351. The van der Waals surface area contributed by atoms with E-state index in [4.69, 9.17) is 25.2 Å². The summed E-state index contributed by atoms with van der Waals surface area (Å²) < 4.78 is 8.74. The highest BCUT2D eigenvalue weighted by atomic mass is 31.1. The van der Waals surface area contributed by atoms with Crippen molar-refractivity contribution >= 4 is 8.25 Å². The molecule has 7 heteroatoms. The third-order valence-corrected chi connectivity index (χ3v) is 1.21. The van der Waals surface area contributed by atoms with E-state index in [1.807, 2.05) is 0 Å². The van der Waals surface area contributed by atoms with Gasteiger partial charge in [-0.1, -0.05) is 0 Å². The van der Waals surface area contributed by atoms with Crippen LogP contribution in [0.3, 0.4) is 0 Å². The largest absolute Gasteiger partial charge is 0.506 e. The van der Waals surface area contributed by atoms with E-state index in [0.29, 0.717) is 6.54 Å². The summed E-state index contributed by atoms with van der Waals surface area (Å²) in [6.45, 7) is 0.595. The number of nitrogens with two attached hydrogens (primary N) is 1.